The molecule has 6 nitrogen and oxygen atoms in total. The van der Waals surface area contributed by atoms with E-state index in [-0.39, 0.29) is 18.2 Å². The van der Waals surface area contributed by atoms with Crippen LogP contribution in [0.4, 0.5) is 8.78 Å². The molecule has 2 aromatic rings. The van der Waals surface area contributed by atoms with Crippen molar-refractivity contribution in [3.8, 4) is 0 Å². The molecule has 1 unspecified atom stereocenters. The van der Waals surface area contributed by atoms with Crippen LogP contribution >= 0.6 is 0 Å². The number of fused-ring (bicyclic) bond motifs is 1. The number of rotatable bonds is 4. The second-order valence-electron chi connectivity index (χ2n) is 7.91. The number of hydrogen-bond donors (Lipinski definition) is 3. The summed E-state index contributed by atoms with van der Waals surface area (Å²) in [4.78, 5) is 14.4. The van der Waals surface area contributed by atoms with Gasteiger partial charge in [-0.05, 0) is 32.0 Å². The van der Waals surface area contributed by atoms with Gasteiger partial charge in [-0.15, -0.1) is 0 Å². The maximum atomic E-state index is 13.6. The monoisotopic (exact) mass is 390 g/mol. The molecule has 0 bridgehead atoms. The first-order chi connectivity index (χ1) is 13.1. The summed E-state index contributed by atoms with van der Waals surface area (Å²) in [5, 5.41) is 20.7. The second kappa shape index (κ2) is 7.44. The molecule has 0 spiro atoms. The van der Waals surface area contributed by atoms with Crippen molar-refractivity contribution >= 4 is 11.5 Å². The predicted molar refractivity (Wildman–Crippen MR) is 101 cm³/mol. The Morgan fingerprint density at radius 2 is 2.04 bits per heavy atom. The normalized spacial score (nSPS) is 17.1. The van der Waals surface area contributed by atoms with Gasteiger partial charge in [0.2, 0.25) is 0 Å². The van der Waals surface area contributed by atoms with Gasteiger partial charge in [-0.25, -0.2) is 8.78 Å². The minimum Gasteiger partial charge on any atom is -0.374 e. The summed E-state index contributed by atoms with van der Waals surface area (Å²) < 4.78 is 26.9. The number of amides is 1. The Morgan fingerprint density at radius 3 is 2.68 bits per heavy atom. The van der Waals surface area contributed by atoms with Crippen molar-refractivity contribution in [3.05, 3.63) is 59.1 Å². The number of nitrogens with one attached hydrogen (secondary N) is 2. The molecule has 0 saturated heterocycles. The third-order valence-corrected chi connectivity index (χ3v) is 4.73. The van der Waals surface area contributed by atoms with Gasteiger partial charge >= 0.3 is 0 Å². The van der Waals surface area contributed by atoms with Crippen molar-refractivity contribution in [2.45, 2.75) is 45.4 Å². The molecule has 8 heteroatoms. The van der Waals surface area contributed by atoms with Crippen LogP contribution in [-0.4, -0.2) is 44.9 Å². The first-order valence-electron chi connectivity index (χ1n) is 9.06. The fourth-order valence-corrected chi connectivity index (χ4v) is 3.35. The zero-order valence-corrected chi connectivity index (χ0v) is 16.3. The van der Waals surface area contributed by atoms with Crippen LogP contribution in [0.25, 0.3) is 5.57 Å². The summed E-state index contributed by atoms with van der Waals surface area (Å²) >= 11 is 0. The molecule has 0 aliphatic carbocycles. The first-order valence-corrected chi connectivity index (χ1v) is 9.06. The maximum absolute atomic E-state index is 13.6. The van der Waals surface area contributed by atoms with Crippen molar-refractivity contribution in [2.24, 2.45) is 0 Å². The topological polar surface area (TPSA) is 81.2 Å². The summed E-state index contributed by atoms with van der Waals surface area (Å²) in [7, 11) is 0. The van der Waals surface area contributed by atoms with Gasteiger partial charge in [0.1, 0.15) is 6.23 Å². The van der Waals surface area contributed by atoms with E-state index in [4.69, 9.17) is 0 Å². The summed E-state index contributed by atoms with van der Waals surface area (Å²) in [5.41, 5.74) is 1.46. The van der Waals surface area contributed by atoms with Crippen molar-refractivity contribution in [2.75, 3.05) is 6.54 Å². The number of carbonyl (C=O) groups excluding carboxylic acids is 1. The number of H-pyrrole nitrogens is 1. The number of nitrogens with zero attached hydrogens (tertiary/aromatic N) is 2. The summed E-state index contributed by atoms with van der Waals surface area (Å²) in [6.45, 7) is 7.96. The Labute approximate surface area is 162 Å². The summed E-state index contributed by atoms with van der Waals surface area (Å²) in [6, 6.07) is 3.05. The van der Waals surface area contributed by atoms with E-state index in [1.54, 1.807) is 6.20 Å². The van der Waals surface area contributed by atoms with Crippen LogP contribution < -0.4 is 5.32 Å². The number of aliphatic hydroxyl groups is 1. The smallest absolute Gasteiger partial charge is 0.257 e. The summed E-state index contributed by atoms with van der Waals surface area (Å²) in [5.74, 6) is -2.58. The van der Waals surface area contributed by atoms with Crippen LogP contribution in [0.3, 0.4) is 0 Å². The lowest BCUT2D eigenvalue weighted by Gasteiger charge is -2.28. The van der Waals surface area contributed by atoms with Gasteiger partial charge in [0.15, 0.2) is 11.6 Å². The number of aliphatic hydroxyl groups excluding tert-OH is 1. The molecule has 1 aromatic carbocycles. The van der Waals surface area contributed by atoms with Gasteiger partial charge in [0.25, 0.3) is 5.91 Å². The van der Waals surface area contributed by atoms with Gasteiger partial charge in [-0.2, -0.15) is 5.10 Å². The molecule has 1 aliphatic rings. The van der Waals surface area contributed by atoms with Crippen molar-refractivity contribution in [3.63, 3.8) is 0 Å². The van der Waals surface area contributed by atoms with Crippen LogP contribution in [0.1, 0.15) is 49.3 Å². The zero-order chi connectivity index (χ0) is 20.6. The quantitative estimate of drug-likeness (QED) is 0.702. The predicted octanol–water partition coefficient (Wildman–Crippen LogP) is 2.78. The fraction of sp³-hybridized carbons (Fsp3) is 0.400. The van der Waals surface area contributed by atoms with E-state index in [9.17, 15) is 18.7 Å². The Morgan fingerprint density at radius 1 is 1.32 bits per heavy atom. The Bertz CT molecular complexity index is 921. The molecule has 0 fully saturated rings. The maximum Gasteiger partial charge on any atom is 0.257 e. The van der Waals surface area contributed by atoms with Crippen LogP contribution in [0.2, 0.25) is 0 Å². The van der Waals surface area contributed by atoms with Gasteiger partial charge in [0, 0.05) is 40.9 Å². The van der Waals surface area contributed by atoms with Gasteiger partial charge in [-0.3, -0.25) is 15.2 Å². The van der Waals surface area contributed by atoms with E-state index < -0.39 is 29.2 Å². The van der Waals surface area contributed by atoms with Crippen LogP contribution in [0.5, 0.6) is 0 Å². The van der Waals surface area contributed by atoms with Gasteiger partial charge in [-0.1, -0.05) is 13.8 Å². The van der Waals surface area contributed by atoms with E-state index >= 15 is 0 Å². The molecule has 1 aliphatic heterocycles. The number of aromatic amines is 1. The highest BCUT2D eigenvalue weighted by atomic mass is 19.2. The second-order valence-corrected chi connectivity index (χ2v) is 7.91. The van der Waals surface area contributed by atoms with Gasteiger partial charge in [0.05, 0.1) is 11.9 Å². The average molecular weight is 390 g/mol. The standard InChI is InChI=1S/C20H24F2N4O2/c1-11(2)24-18(27)13-9-26(10-20(3,4)14-8-23-25-17(13)14)19(28)12-5-6-15(21)16(22)7-12/h5-9,11,18,24,27H,10H2,1-4H3,(H,23,25). The fourth-order valence-electron chi connectivity index (χ4n) is 3.35. The lowest BCUT2D eigenvalue weighted by Crippen LogP contribution is -2.37. The largest absolute Gasteiger partial charge is 0.374 e. The third-order valence-electron chi connectivity index (χ3n) is 4.73. The molecule has 0 radical (unpaired) electrons. The molecule has 28 heavy (non-hydrogen) atoms. The molecule has 150 valence electrons. The van der Waals surface area contributed by atoms with Crippen LogP contribution in [0.15, 0.2) is 30.6 Å². The third kappa shape index (κ3) is 3.83. The highest BCUT2D eigenvalue weighted by Crippen LogP contribution is 2.35. The molecule has 2 heterocycles. The van der Waals surface area contributed by atoms with E-state index in [1.807, 2.05) is 27.7 Å². The molecule has 1 aromatic heterocycles. The molecular weight excluding hydrogens is 366 g/mol. The number of aromatic nitrogens is 2. The number of benzene rings is 1. The number of carbonyl (C=O) groups is 1. The van der Waals surface area contributed by atoms with Crippen molar-refractivity contribution < 1.29 is 18.7 Å². The van der Waals surface area contributed by atoms with Crippen LogP contribution in [-0.2, 0) is 5.41 Å². The zero-order valence-electron chi connectivity index (χ0n) is 16.3. The van der Waals surface area contributed by atoms with E-state index in [0.717, 1.165) is 17.7 Å². The van der Waals surface area contributed by atoms with E-state index in [1.165, 1.54) is 17.2 Å². The molecule has 1 amide bonds. The SMILES string of the molecule is CC(C)NC(O)C1=CN(C(=O)c2ccc(F)c(F)c2)CC(C)(C)c2cn[nH]c21. The molecule has 3 N–H and O–H groups in total. The lowest BCUT2D eigenvalue weighted by atomic mass is 9.84. The molecule has 0 saturated carbocycles. The first kappa shape index (κ1) is 20.2. The molecular formula is C20H24F2N4O2. The Balaban J connectivity index is 2.06. The molecule has 1 atom stereocenters. The average Bonchev–Trinajstić information content (AvgIpc) is 3.06. The van der Waals surface area contributed by atoms with E-state index in [2.05, 4.69) is 15.5 Å². The van der Waals surface area contributed by atoms with Crippen molar-refractivity contribution in [1.29, 1.82) is 0 Å². The van der Waals surface area contributed by atoms with Crippen molar-refractivity contribution in [1.82, 2.24) is 20.4 Å². The van der Waals surface area contributed by atoms with E-state index in [0.29, 0.717) is 11.3 Å². The van der Waals surface area contributed by atoms with Crippen LogP contribution in [0, 0.1) is 11.6 Å². The molecule has 3 rings (SSSR count). The number of halogens is 2. The Kier molecular flexibility index (Phi) is 5.36. The number of hydrogen-bond acceptors (Lipinski definition) is 4. The van der Waals surface area contributed by atoms with Gasteiger partial charge < -0.3 is 10.0 Å². The summed E-state index contributed by atoms with van der Waals surface area (Å²) in [6.07, 6.45) is 2.17. The minimum atomic E-state index is -1.08. The highest BCUT2D eigenvalue weighted by molar-refractivity contribution is 5.96. The lowest BCUT2D eigenvalue weighted by molar-refractivity contribution is 0.0798. The minimum absolute atomic E-state index is 0.00567. The highest BCUT2D eigenvalue weighted by Gasteiger charge is 2.35. The Hall–Kier alpha value is -2.58.